The van der Waals surface area contributed by atoms with Crippen molar-refractivity contribution in [3.05, 3.63) is 42.5 Å². The Morgan fingerprint density at radius 2 is 1.68 bits per heavy atom. The fraction of sp³-hybridized carbons (Fsp3) is 0.368. The molecular weight excluding hydrogens is 287 g/mol. The summed E-state index contributed by atoms with van der Waals surface area (Å²) in [5, 5.41) is 2.76. The normalized spacial score (nSPS) is 20.1. The van der Waals surface area contributed by atoms with Gasteiger partial charge in [0.15, 0.2) is 0 Å². The van der Waals surface area contributed by atoms with Crippen LogP contribution in [0.2, 0.25) is 6.32 Å². The van der Waals surface area contributed by atoms with Gasteiger partial charge in [-0.15, -0.1) is 11.3 Å². The van der Waals surface area contributed by atoms with Crippen molar-refractivity contribution in [1.82, 2.24) is 0 Å². The zero-order valence-corrected chi connectivity index (χ0v) is 14.5. The largest absolute Gasteiger partial charge is 0.426 e. The molecule has 1 aliphatic heterocycles. The first-order valence-corrected chi connectivity index (χ1v) is 8.79. The highest BCUT2D eigenvalue weighted by Gasteiger charge is 2.50. The summed E-state index contributed by atoms with van der Waals surface area (Å²) in [6, 6.07) is 15.4. The molecule has 3 aromatic rings. The summed E-state index contributed by atoms with van der Waals surface area (Å²) in [6.07, 6.45) is 1.07. The molecule has 0 bridgehead atoms. The van der Waals surface area contributed by atoms with Crippen LogP contribution in [0.3, 0.4) is 0 Å². The van der Waals surface area contributed by atoms with Gasteiger partial charge in [0, 0.05) is 9.40 Å². The van der Waals surface area contributed by atoms with Crippen molar-refractivity contribution in [1.29, 1.82) is 0 Å². The first kappa shape index (κ1) is 14.3. The van der Waals surface area contributed by atoms with Crippen molar-refractivity contribution in [2.24, 2.45) is 5.41 Å². The SMILES string of the molecule is CC1(C)CB(c2cccc3sc4ccccc4c23)OC1(C)C. The van der Waals surface area contributed by atoms with Gasteiger partial charge in [-0.25, -0.2) is 0 Å². The van der Waals surface area contributed by atoms with Crippen molar-refractivity contribution in [3.63, 3.8) is 0 Å². The first-order chi connectivity index (χ1) is 10.4. The lowest BCUT2D eigenvalue weighted by Gasteiger charge is -2.34. The van der Waals surface area contributed by atoms with E-state index in [0.717, 1.165) is 6.32 Å². The summed E-state index contributed by atoms with van der Waals surface area (Å²) in [4.78, 5) is 0. The molecule has 1 saturated heterocycles. The molecule has 0 saturated carbocycles. The molecule has 1 fully saturated rings. The maximum Gasteiger partial charge on any atom is 0.328 e. The fourth-order valence-electron chi connectivity index (χ4n) is 3.51. The average molecular weight is 308 g/mol. The molecule has 112 valence electrons. The van der Waals surface area contributed by atoms with E-state index >= 15 is 0 Å². The first-order valence-electron chi connectivity index (χ1n) is 7.97. The Morgan fingerprint density at radius 1 is 0.955 bits per heavy atom. The van der Waals surface area contributed by atoms with Gasteiger partial charge >= 0.3 is 6.92 Å². The number of thiophene rings is 1. The van der Waals surface area contributed by atoms with Gasteiger partial charge in [0.2, 0.25) is 0 Å². The average Bonchev–Trinajstić information content (AvgIpc) is 2.93. The maximum absolute atomic E-state index is 6.48. The molecule has 0 radical (unpaired) electrons. The van der Waals surface area contributed by atoms with E-state index in [-0.39, 0.29) is 17.9 Å². The van der Waals surface area contributed by atoms with Crippen LogP contribution in [0.25, 0.3) is 20.2 Å². The van der Waals surface area contributed by atoms with E-state index in [1.807, 2.05) is 11.3 Å². The molecule has 0 aliphatic carbocycles. The summed E-state index contributed by atoms with van der Waals surface area (Å²) in [6.45, 7) is 9.27. The van der Waals surface area contributed by atoms with Gasteiger partial charge in [-0.1, -0.05) is 44.2 Å². The van der Waals surface area contributed by atoms with Crippen LogP contribution in [0.15, 0.2) is 42.5 Å². The minimum Gasteiger partial charge on any atom is -0.426 e. The Kier molecular flexibility index (Phi) is 2.98. The van der Waals surface area contributed by atoms with Gasteiger partial charge < -0.3 is 4.65 Å². The van der Waals surface area contributed by atoms with Crippen LogP contribution in [-0.2, 0) is 4.65 Å². The minimum atomic E-state index is -0.0916. The standard InChI is InChI=1S/C19H21BOS/c1-18(2)12-20(21-19(18,3)4)14-9-7-11-16-17(14)13-8-5-6-10-15(13)22-16/h5-11H,12H2,1-4H3. The second-order valence-corrected chi connectivity index (χ2v) is 8.61. The second kappa shape index (κ2) is 4.59. The van der Waals surface area contributed by atoms with Crippen molar-refractivity contribution in [2.45, 2.75) is 39.6 Å². The summed E-state index contributed by atoms with van der Waals surface area (Å²) in [5.74, 6) is 0. The molecule has 1 aliphatic rings. The van der Waals surface area contributed by atoms with Gasteiger partial charge in [-0.3, -0.25) is 0 Å². The fourth-order valence-corrected chi connectivity index (χ4v) is 4.65. The molecule has 22 heavy (non-hydrogen) atoms. The Hall–Kier alpha value is -1.32. The van der Waals surface area contributed by atoms with Crippen LogP contribution in [0, 0.1) is 5.41 Å². The third-order valence-electron chi connectivity index (χ3n) is 5.54. The minimum absolute atomic E-state index is 0.0916. The third kappa shape index (κ3) is 1.95. The van der Waals surface area contributed by atoms with E-state index in [2.05, 4.69) is 70.2 Å². The Morgan fingerprint density at radius 3 is 2.41 bits per heavy atom. The smallest absolute Gasteiger partial charge is 0.328 e. The lowest BCUT2D eigenvalue weighted by Crippen LogP contribution is -2.36. The lowest BCUT2D eigenvalue weighted by molar-refractivity contribution is 0.0376. The lowest BCUT2D eigenvalue weighted by atomic mass is 9.53. The van der Waals surface area contributed by atoms with Crippen LogP contribution >= 0.6 is 11.3 Å². The molecule has 3 heteroatoms. The van der Waals surface area contributed by atoms with Crippen LogP contribution in [0.5, 0.6) is 0 Å². The molecule has 4 rings (SSSR count). The number of hydrogen-bond donors (Lipinski definition) is 0. The highest BCUT2D eigenvalue weighted by Crippen LogP contribution is 2.46. The third-order valence-corrected chi connectivity index (χ3v) is 6.68. The van der Waals surface area contributed by atoms with Gasteiger partial charge in [0.05, 0.1) is 5.60 Å². The molecule has 2 aromatic carbocycles. The molecule has 1 nitrogen and oxygen atoms in total. The van der Waals surface area contributed by atoms with Crippen LogP contribution in [0.1, 0.15) is 27.7 Å². The van der Waals surface area contributed by atoms with Crippen molar-refractivity contribution in [2.75, 3.05) is 0 Å². The predicted octanol–water partition coefficient (Wildman–Crippen LogP) is 5.09. The van der Waals surface area contributed by atoms with Crippen LogP contribution < -0.4 is 5.46 Å². The molecule has 2 heterocycles. The van der Waals surface area contributed by atoms with E-state index in [1.165, 1.54) is 25.6 Å². The van der Waals surface area contributed by atoms with Gasteiger partial charge in [-0.05, 0) is 54.0 Å². The number of hydrogen-bond acceptors (Lipinski definition) is 2. The molecule has 1 aromatic heterocycles. The highest BCUT2D eigenvalue weighted by atomic mass is 32.1. The molecule has 0 atom stereocenters. The van der Waals surface area contributed by atoms with E-state index < -0.39 is 0 Å². The summed E-state index contributed by atoms with van der Waals surface area (Å²) in [5.41, 5.74) is 1.45. The Balaban J connectivity index is 1.93. The molecule has 0 unspecified atom stereocenters. The zero-order valence-electron chi connectivity index (χ0n) is 13.6. The van der Waals surface area contributed by atoms with E-state index in [9.17, 15) is 0 Å². The summed E-state index contributed by atoms with van der Waals surface area (Å²) < 4.78 is 9.21. The number of fused-ring (bicyclic) bond motifs is 3. The van der Waals surface area contributed by atoms with Gasteiger partial charge in [0.1, 0.15) is 0 Å². The van der Waals surface area contributed by atoms with E-state index in [4.69, 9.17) is 4.65 Å². The number of benzene rings is 2. The van der Waals surface area contributed by atoms with Crippen molar-refractivity contribution in [3.8, 4) is 0 Å². The molecular formula is C19H21BOS. The summed E-state index contributed by atoms with van der Waals surface area (Å²) in [7, 11) is 0. The highest BCUT2D eigenvalue weighted by molar-refractivity contribution is 7.26. The molecule has 0 spiro atoms. The molecule has 0 N–H and O–H groups in total. The monoisotopic (exact) mass is 308 g/mol. The predicted molar refractivity (Wildman–Crippen MR) is 98.5 cm³/mol. The van der Waals surface area contributed by atoms with Gasteiger partial charge in [0.25, 0.3) is 0 Å². The van der Waals surface area contributed by atoms with Crippen LogP contribution in [0.4, 0.5) is 0 Å². The Bertz CT molecular complexity index is 846. The van der Waals surface area contributed by atoms with Gasteiger partial charge in [-0.2, -0.15) is 0 Å². The number of rotatable bonds is 1. The van der Waals surface area contributed by atoms with Crippen molar-refractivity contribution >= 4 is 43.9 Å². The maximum atomic E-state index is 6.48. The topological polar surface area (TPSA) is 9.23 Å². The van der Waals surface area contributed by atoms with E-state index in [0.29, 0.717) is 0 Å². The second-order valence-electron chi connectivity index (χ2n) is 7.52. The van der Waals surface area contributed by atoms with Crippen LogP contribution in [-0.4, -0.2) is 12.5 Å². The van der Waals surface area contributed by atoms with Crippen molar-refractivity contribution < 1.29 is 4.65 Å². The quantitative estimate of drug-likeness (QED) is 0.569. The summed E-state index contributed by atoms with van der Waals surface area (Å²) >= 11 is 1.88. The van der Waals surface area contributed by atoms with E-state index in [1.54, 1.807) is 0 Å². The Labute approximate surface area is 136 Å². The zero-order chi connectivity index (χ0) is 15.5. The molecule has 0 amide bonds.